The number of carbonyl (C=O) groups is 1. The van der Waals surface area contributed by atoms with Crippen molar-refractivity contribution >= 4 is 11.6 Å². The van der Waals surface area contributed by atoms with Crippen molar-refractivity contribution in [2.45, 2.75) is 6.92 Å². The first-order chi connectivity index (χ1) is 4.79. The molecule has 0 fully saturated rings. The molecule has 0 saturated heterocycles. The zero-order valence-electron chi connectivity index (χ0n) is 6.25. The van der Waals surface area contributed by atoms with Crippen molar-refractivity contribution in [2.75, 3.05) is 0 Å². The third-order valence-corrected chi connectivity index (χ3v) is 1.17. The monoisotopic (exact) mass is 171 g/mol. The molecule has 0 atom stereocenters. The largest absolute Gasteiger partial charge is 1.00 e. The van der Waals surface area contributed by atoms with Crippen molar-refractivity contribution in [1.82, 2.24) is 0 Å². The van der Waals surface area contributed by atoms with Crippen LogP contribution in [0.1, 0.15) is 6.92 Å². The molecule has 60 valence electrons. The van der Waals surface area contributed by atoms with Gasteiger partial charge in [-0.3, -0.25) is 5.32 Å². The second-order valence-electron chi connectivity index (χ2n) is 2.17. The molecule has 1 aromatic rings. The molecule has 1 aromatic carbocycles. The topological polar surface area (TPSA) is 33.7 Å². The average Bonchev–Trinajstić information content (AvgIpc) is 1.88. The van der Waals surface area contributed by atoms with Gasteiger partial charge < -0.3 is 12.4 Å². The fraction of sp³-hybridized carbons (Fsp3) is 0.125. The fourth-order valence-corrected chi connectivity index (χ4v) is 0.784. The molecule has 0 saturated carbocycles. The van der Waals surface area contributed by atoms with Crippen LogP contribution in [0.3, 0.4) is 0 Å². The summed E-state index contributed by atoms with van der Waals surface area (Å²) in [6, 6.07) is 9.56. The van der Waals surface area contributed by atoms with Gasteiger partial charge in [0.1, 0.15) is 5.69 Å². The number of rotatable bonds is 1. The number of hydrogen-bond acceptors (Lipinski definition) is 1. The first-order valence-electron chi connectivity index (χ1n) is 3.19. The lowest BCUT2D eigenvalue weighted by molar-refractivity contribution is -0.481. The van der Waals surface area contributed by atoms with Crippen LogP contribution >= 0.6 is 0 Å². The highest BCUT2D eigenvalue weighted by atomic mass is 35.5. The van der Waals surface area contributed by atoms with Crippen LogP contribution in [0.25, 0.3) is 0 Å². The Balaban J connectivity index is 0.000001000. The molecular formula is C8H10ClNO. The lowest BCUT2D eigenvalue weighted by atomic mass is 10.3. The maximum Gasteiger partial charge on any atom is 0.312 e. The summed E-state index contributed by atoms with van der Waals surface area (Å²) in [4.78, 5) is 10.6. The molecule has 0 unspecified atom stereocenters. The Morgan fingerprint density at radius 2 is 1.82 bits per heavy atom. The highest BCUT2D eigenvalue weighted by Crippen LogP contribution is 1.95. The van der Waals surface area contributed by atoms with E-state index >= 15 is 0 Å². The molecule has 1 rings (SSSR count). The van der Waals surface area contributed by atoms with Crippen LogP contribution in [-0.4, -0.2) is 5.91 Å². The Morgan fingerprint density at radius 1 is 1.27 bits per heavy atom. The lowest BCUT2D eigenvalue weighted by Gasteiger charge is -1.91. The van der Waals surface area contributed by atoms with E-state index in [9.17, 15) is 4.79 Å². The molecule has 0 aliphatic heterocycles. The summed E-state index contributed by atoms with van der Waals surface area (Å²) >= 11 is 0. The predicted molar refractivity (Wildman–Crippen MR) is 38.7 cm³/mol. The minimum Gasteiger partial charge on any atom is -1.00 e. The van der Waals surface area contributed by atoms with Gasteiger partial charge in [0.25, 0.3) is 0 Å². The van der Waals surface area contributed by atoms with Crippen LogP contribution in [-0.2, 0) is 4.79 Å². The number of quaternary nitrogens is 1. The lowest BCUT2D eigenvalue weighted by Crippen LogP contribution is -3.00. The Morgan fingerprint density at radius 3 is 2.27 bits per heavy atom. The molecule has 3 heteroatoms. The van der Waals surface area contributed by atoms with E-state index < -0.39 is 0 Å². The number of primary amides is 1. The van der Waals surface area contributed by atoms with Gasteiger partial charge in [-0.25, -0.2) is 4.79 Å². The molecule has 11 heavy (non-hydrogen) atoms. The van der Waals surface area contributed by atoms with E-state index in [2.05, 4.69) is 0 Å². The number of benzene rings is 1. The molecular weight excluding hydrogens is 162 g/mol. The quantitative estimate of drug-likeness (QED) is 0.464. The van der Waals surface area contributed by atoms with Crippen molar-refractivity contribution in [1.29, 1.82) is 0 Å². The van der Waals surface area contributed by atoms with Gasteiger partial charge in [-0.1, -0.05) is 18.2 Å². The van der Waals surface area contributed by atoms with Gasteiger partial charge in [0, 0.05) is 0 Å². The summed E-state index contributed by atoms with van der Waals surface area (Å²) in [5.41, 5.74) is 0.968. The van der Waals surface area contributed by atoms with Crippen molar-refractivity contribution in [3.05, 3.63) is 30.3 Å². The van der Waals surface area contributed by atoms with Crippen LogP contribution in [0.5, 0.6) is 0 Å². The fourth-order valence-electron chi connectivity index (χ4n) is 0.784. The van der Waals surface area contributed by atoms with Gasteiger partial charge in [0.2, 0.25) is 0 Å². The molecule has 2 nitrogen and oxygen atoms in total. The van der Waals surface area contributed by atoms with Crippen LogP contribution in [0.15, 0.2) is 30.3 Å². The van der Waals surface area contributed by atoms with E-state index in [-0.39, 0.29) is 18.3 Å². The normalized spacial score (nSPS) is 8.45. The summed E-state index contributed by atoms with van der Waals surface area (Å²) in [6.07, 6.45) is 0. The zero-order chi connectivity index (χ0) is 7.40. The first-order valence-corrected chi connectivity index (χ1v) is 3.19. The molecule has 0 aliphatic carbocycles. The Bertz CT molecular complexity index is 223. The third-order valence-electron chi connectivity index (χ3n) is 1.17. The Labute approximate surface area is 72.0 Å². The number of para-hydroxylation sites is 1. The zero-order valence-corrected chi connectivity index (χ0v) is 7.01. The van der Waals surface area contributed by atoms with E-state index in [1.54, 1.807) is 12.2 Å². The number of hydrogen-bond donors (Lipinski definition) is 1. The summed E-state index contributed by atoms with van der Waals surface area (Å²) in [6.45, 7) is 1.55. The van der Waals surface area contributed by atoms with E-state index in [0.717, 1.165) is 5.69 Å². The maximum atomic E-state index is 10.6. The van der Waals surface area contributed by atoms with Crippen molar-refractivity contribution in [2.24, 2.45) is 0 Å². The van der Waals surface area contributed by atoms with Crippen LogP contribution in [0.2, 0.25) is 0 Å². The second kappa shape index (κ2) is 4.88. The van der Waals surface area contributed by atoms with E-state index in [1.165, 1.54) is 0 Å². The Hall–Kier alpha value is -0.860. The molecule has 0 bridgehead atoms. The molecule has 0 heterocycles. The summed E-state index contributed by atoms with van der Waals surface area (Å²) in [7, 11) is 0. The average molecular weight is 172 g/mol. The number of carbonyl (C=O) groups excluding carboxylic acids is 1. The van der Waals surface area contributed by atoms with Gasteiger partial charge in [0.05, 0.1) is 6.92 Å². The highest BCUT2D eigenvalue weighted by molar-refractivity contribution is 5.64. The molecule has 0 aliphatic rings. The maximum absolute atomic E-state index is 10.6. The van der Waals surface area contributed by atoms with Gasteiger partial charge in [-0.2, -0.15) is 0 Å². The molecule has 0 radical (unpaired) electrons. The first kappa shape index (κ1) is 10.1. The summed E-state index contributed by atoms with van der Waals surface area (Å²) < 4.78 is 0. The van der Waals surface area contributed by atoms with Crippen molar-refractivity contribution < 1.29 is 22.5 Å². The molecule has 0 aromatic heterocycles. The molecule has 0 spiro atoms. The third kappa shape index (κ3) is 3.75. The SMILES string of the molecule is CC(=O)[NH2+]c1ccccc1.[Cl-]. The predicted octanol–water partition coefficient (Wildman–Crippen LogP) is -2.57. The minimum absolute atomic E-state index is 0. The number of amides is 1. The van der Waals surface area contributed by atoms with Crippen molar-refractivity contribution in [3.8, 4) is 0 Å². The van der Waals surface area contributed by atoms with E-state index in [4.69, 9.17) is 0 Å². The Kier molecular flexibility index (Phi) is 4.50. The summed E-state index contributed by atoms with van der Waals surface area (Å²) in [5.74, 6) is 0.0891. The van der Waals surface area contributed by atoms with Gasteiger partial charge in [-0.15, -0.1) is 0 Å². The number of nitrogens with two attached hydrogens (primary N) is 1. The van der Waals surface area contributed by atoms with Gasteiger partial charge in [-0.05, 0) is 12.1 Å². The van der Waals surface area contributed by atoms with Crippen molar-refractivity contribution in [3.63, 3.8) is 0 Å². The number of halogens is 1. The van der Waals surface area contributed by atoms with E-state index in [1.807, 2.05) is 30.3 Å². The van der Waals surface area contributed by atoms with Crippen LogP contribution in [0, 0.1) is 0 Å². The van der Waals surface area contributed by atoms with E-state index in [0.29, 0.717) is 0 Å². The smallest absolute Gasteiger partial charge is 0.312 e. The molecule has 2 N–H and O–H groups in total. The summed E-state index contributed by atoms with van der Waals surface area (Å²) in [5, 5.41) is 1.61. The van der Waals surface area contributed by atoms with Crippen LogP contribution < -0.4 is 17.7 Å². The van der Waals surface area contributed by atoms with Gasteiger partial charge >= 0.3 is 5.91 Å². The highest BCUT2D eigenvalue weighted by Gasteiger charge is 1.96. The van der Waals surface area contributed by atoms with Gasteiger partial charge in [0.15, 0.2) is 0 Å². The molecule has 1 amide bonds. The second-order valence-corrected chi connectivity index (χ2v) is 2.17. The standard InChI is InChI=1S/C8H9NO.ClH/c1-7(10)9-8-5-3-2-4-6-8;/h2-6H,1H3,(H,9,10);1H. The van der Waals surface area contributed by atoms with Crippen LogP contribution in [0.4, 0.5) is 5.69 Å². The minimum atomic E-state index is 0.